The topological polar surface area (TPSA) is 48.3 Å². The first kappa shape index (κ1) is 11.6. The summed E-state index contributed by atoms with van der Waals surface area (Å²) in [5.74, 6) is 0. The van der Waals surface area contributed by atoms with Crippen molar-refractivity contribution in [3.05, 3.63) is 18.0 Å². The van der Waals surface area contributed by atoms with Gasteiger partial charge in [-0.15, -0.1) is 0 Å². The Kier molecular flexibility index (Phi) is 3.93. The lowest BCUT2D eigenvalue weighted by Crippen LogP contribution is -2.45. The fourth-order valence-electron chi connectivity index (χ4n) is 1.83. The lowest BCUT2D eigenvalue weighted by atomic mass is 10.2. The third-order valence-corrected chi connectivity index (χ3v) is 2.56. The van der Waals surface area contributed by atoms with E-state index in [4.69, 9.17) is 9.47 Å². The smallest absolute Gasteiger partial charge is 0.0936 e. The molecule has 1 aliphatic heterocycles. The zero-order chi connectivity index (χ0) is 11.4. The van der Waals surface area contributed by atoms with Crippen LogP contribution in [0.2, 0.25) is 0 Å². The summed E-state index contributed by atoms with van der Waals surface area (Å²) < 4.78 is 13.1. The van der Waals surface area contributed by atoms with Gasteiger partial charge in [0.05, 0.1) is 31.6 Å². The van der Waals surface area contributed by atoms with Crippen molar-refractivity contribution in [2.45, 2.75) is 25.7 Å². The van der Waals surface area contributed by atoms with Gasteiger partial charge in [-0.1, -0.05) is 0 Å². The molecule has 1 aromatic rings. The Labute approximate surface area is 95.7 Å². The van der Waals surface area contributed by atoms with Crippen molar-refractivity contribution in [3.8, 4) is 0 Å². The quantitative estimate of drug-likeness (QED) is 0.801. The molecule has 0 saturated carbocycles. The Morgan fingerprint density at radius 2 is 2.50 bits per heavy atom. The van der Waals surface area contributed by atoms with Crippen molar-refractivity contribution in [2.75, 3.05) is 19.7 Å². The summed E-state index contributed by atoms with van der Waals surface area (Å²) in [5, 5.41) is 7.40. The largest absolute Gasteiger partial charge is 0.374 e. The van der Waals surface area contributed by atoms with Crippen LogP contribution in [0.4, 0.5) is 0 Å². The van der Waals surface area contributed by atoms with Gasteiger partial charge in [-0.3, -0.25) is 4.68 Å². The molecule has 1 fully saturated rings. The average Bonchev–Trinajstić information content (AvgIpc) is 2.64. The van der Waals surface area contributed by atoms with Crippen molar-refractivity contribution in [1.29, 1.82) is 0 Å². The predicted octanol–water partition coefficient (Wildman–Crippen LogP) is 0.314. The number of aromatic nitrogens is 2. The van der Waals surface area contributed by atoms with Gasteiger partial charge < -0.3 is 14.8 Å². The van der Waals surface area contributed by atoms with Crippen molar-refractivity contribution in [2.24, 2.45) is 7.05 Å². The minimum Gasteiger partial charge on any atom is -0.374 e. The molecular formula is C11H19N3O2. The Morgan fingerprint density at radius 1 is 1.62 bits per heavy atom. The van der Waals surface area contributed by atoms with Crippen LogP contribution in [-0.2, 0) is 23.1 Å². The zero-order valence-corrected chi connectivity index (χ0v) is 9.85. The number of aryl methyl sites for hydroxylation is 1. The van der Waals surface area contributed by atoms with E-state index in [-0.39, 0.29) is 12.2 Å². The van der Waals surface area contributed by atoms with E-state index < -0.39 is 0 Å². The molecule has 0 aliphatic carbocycles. The Morgan fingerprint density at radius 3 is 3.19 bits per heavy atom. The maximum absolute atomic E-state index is 5.72. The molecule has 90 valence electrons. The number of hydrogen-bond acceptors (Lipinski definition) is 4. The number of nitrogens with one attached hydrogen (secondary N) is 1. The fraction of sp³-hybridized carbons (Fsp3) is 0.727. The maximum Gasteiger partial charge on any atom is 0.0936 e. The highest BCUT2D eigenvalue weighted by Gasteiger charge is 2.18. The predicted molar refractivity (Wildman–Crippen MR) is 60.1 cm³/mol. The third kappa shape index (κ3) is 3.30. The molecule has 0 bridgehead atoms. The second-order valence-electron chi connectivity index (χ2n) is 4.26. The molecule has 0 radical (unpaired) electrons. The lowest BCUT2D eigenvalue weighted by Gasteiger charge is -2.28. The van der Waals surface area contributed by atoms with E-state index in [1.807, 2.05) is 19.4 Å². The van der Waals surface area contributed by atoms with Gasteiger partial charge in [-0.05, 0) is 6.92 Å². The molecule has 5 heteroatoms. The fourth-order valence-corrected chi connectivity index (χ4v) is 1.83. The Balaban J connectivity index is 1.67. The first-order chi connectivity index (χ1) is 7.74. The van der Waals surface area contributed by atoms with Crippen molar-refractivity contribution in [3.63, 3.8) is 0 Å². The number of ether oxygens (including phenoxy) is 2. The highest BCUT2D eigenvalue weighted by molar-refractivity contribution is 5.01. The van der Waals surface area contributed by atoms with E-state index in [0.717, 1.165) is 18.7 Å². The van der Waals surface area contributed by atoms with E-state index in [1.165, 1.54) is 0 Å². The second kappa shape index (κ2) is 5.43. The summed E-state index contributed by atoms with van der Waals surface area (Å²) in [6.45, 7) is 5.10. The standard InChI is InChI=1S/C11H19N3O2/c1-9-3-12-5-11(16-9)8-15-7-10-4-13-14(2)6-10/h4,6,9,11-12H,3,5,7-8H2,1-2H3. The second-order valence-corrected chi connectivity index (χ2v) is 4.26. The van der Waals surface area contributed by atoms with Crippen molar-refractivity contribution in [1.82, 2.24) is 15.1 Å². The molecule has 1 saturated heterocycles. The van der Waals surface area contributed by atoms with Crippen LogP contribution in [0.5, 0.6) is 0 Å². The maximum atomic E-state index is 5.72. The molecule has 2 atom stereocenters. The van der Waals surface area contributed by atoms with Gasteiger partial charge in [0.15, 0.2) is 0 Å². The highest BCUT2D eigenvalue weighted by atomic mass is 16.5. The number of morpholine rings is 1. The molecule has 1 aromatic heterocycles. The molecule has 1 aliphatic rings. The van der Waals surface area contributed by atoms with Crippen LogP contribution in [0.1, 0.15) is 12.5 Å². The van der Waals surface area contributed by atoms with Crippen molar-refractivity contribution >= 4 is 0 Å². The summed E-state index contributed by atoms with van der Waals surface area (Å²) >= 11 is 0. The van der Waals surface area contributed by atoms with Crippen LogP contribution in [0.3, 0.4) is 0 Å². The summed E-state index contributed by atoms with van der Waals surface area (Å²) in [6.07, 6.45) is 4.23. The van der Waals surface area contributed by atoms with Crippen LogP contribution < -0.4 is 5.32 Å². The lowest BCUT2D eigenvalue weighted by molar-refractivity contribution is -0.0716. The Bertz CT molecular complexity index is 327. The highest BCUT2D eigenvalue weighted by Crippen LogP contribution is 2.05. The zero-order valence-electron chi connectivity index (χ0n) is 9.85. The third-order valence-electron chi connectivity index (χ3n) is 2.56. The van der Waals surface area contributed by atoms with Crippen molar-refractivity contribution < 1.29 is 9.47 Å². The van der Waals surface area contributed by atoms with Gasteiger partial charge in [0, 0.05) is 31.9 Å². The van der Waals surface area contributed by atoms with E-state index in [2.05, 4.69) is 17.3 Å². The van der Waals surface area contributed by atoms with Crippen LogP contribution in [0.25, 0.3) is 0 Å². The molecule has 0 spiro atoms. The molecule has 2 heterocycles. The molecule has 2 rings (SSSR count). The van der Waals surface area contributed by atoms with Gasteiger partial charge >= 0.3 is 0 Å². The normalized spacial score (nSPS) is 25.9. The number of rotatable bonds is 4. The molecular weight excluding hydrogens is 206 g/mol. The van der Waals surface area contributed by atoms with Gasteiger partial charge in [0.2, 0.25) is 0 Å². The summed E-state index contributed by atoms with van der Waals surface area (Å²) in [7, 11) is 1.90. The monoisotopic (exact) mass is 225 g/mol. The van der Waals surface area contributed by atoms with E-state index >= 15 is 0 Å². The molecule has 5 nitrogen and oxygen atoms in total. The Hall–Kier alpha value is -0.910. The number of hydrogen-bond donors (Lipinski definition) is 1. The minimum atomic E-state index is 0.167. The van der Waals surface area contributed by atoms with Gasteiger partial charge in [-0.2, -0.15) is 5.10 Å². The van der Waals surface area contributed by atoms with Gasteiger partial charge in [0.25, 0.3) is 0 Å². The van der Waals surface area contributed by atoms with Gasteiger partial charge in [0.1, 0.15) is 0 Å². The summed E-state index contributed by atoms with van der Waals surface area (Å²) in [6, 6.07) is 0. The van der Waals surface area contributed by atoms with Crippen LogP contribution >= 0.6 is 0 Å². The van der Waals surface area contributed by atoms with Crippen LogP contribution in [0.15, 0.2) is 12.4 Å². The molecule has 1 N–H and O–H groups in total. The van der Waals surface area contributed by atoms with Crippen LogP contribution in [0, 0.1) is 0 Å². The van der Waals surface area contributed by atoms with Crippen LogP contribution in [-0.4, -0.2) is 41.7 Å². The molecule has 0 amide bonds. The first-order valence-corrected chi connectivity index (χ1v) is 5.65. The summed E-state index contributed by atoms with van der Waals surface area (Å²) in [5.41, 5.74) is 1.10. The molecule has 16 heavy (non-hydrogen) atoms. The number of nitrogens with zero attached hydrogens (tertiary/aromatic N) is 2. The summed E-state index contributed by atoms with van der Waals surface area (Å²) in [4.78, 5) is 0. The van der Waals surface area contributed by atoms with E-state index in [9.17, 15) is 0 Å². The van der Waals surface area contributed by atoms with E-state index in [0.29, 0.717) is 13.2 Å². The molecule has 2 unspecified atom stereocenters. The SMILES string of the molecule is CC1CNCC(COCc2cnn(C)c2)O1. The van der Waals surface area contributed by atoms with E-state index in [1.54, 1.807) is 4.68 Å². The average molecular weight is 225 g/mol. The molecule has 0 aromatic carbocycles. The van der Waals surface area contributed by atoms with Gasteiger partial charge in [-0.25, -0.2) is 0 Å². The minimum absolute atomic E-state index is 0.167. The first-order valence-electron chi connectivity index (χ1n) is 5.65.